The molecule has 0 radical (unpaired) electrons. The minimum absolute atomic E-state index is 0.381. The summed E-state index contributed by atoms with van der Waals surface area (Å²) in [4.78, 5) is 12.5. The second-order valence-electron chi connectivity index (χ2n) is 18.8. The minimum Gasteiger partial charge on any atom is -0.394 e. The quantitative estimate of drug-likeness (QED) is 0.0362. The van der Waals surface area contributed by atoms with Crippen LogP contribution in [-0.2, 0) is 4.79 Å². The van der Waals surface area contributed by atoms with Gasteiger partial charge in [-0.3, -0.25) is 4.79 Å². The molecule has 3 unspecified atom stereocenters. The zero-order valence-electron chi connectivity index (χ0n) is 41.5. The molecule has 62 heavy (non-hydrogen) atoms. The van der Waals surface area contributed by atoms with Gasteiger partial charge in [-0.25, -0.2) is 0 Å². The lowest BCUT2D eigenvalue weighted by Crippen LogP contribution is -2.48. The van der Waals surface area contributed by atoms with Gasteiger partial charge in [0.25, 0.3) is 0 Å². The summed E-state index contributed by atoms with van der Waals surface area (Å²) in [6, 6.07) is -0.823. The van der Waals surface area contributed by atoms with Crippen LogP contribution >= 0.6 is 0 Å². The first kappa shape index (κ1) is 60.3. The fourth-order valence-electron chi connectivity index (χ4n) is 8.33. The van der Waals surface area contributed by atoms with E-state index in [-0.39, 0.29) is 6.61 Å². The summed E-state index contributed by atoms with van der Waals surface area (Å²) in [5, 5.41) is 33.3. The van der Waals surface area contributed by atoms with Crippen molar-refractivity contribution >= 4 is 5.91 Å². The fourth-order valence-corrected chi connectivity index (χ4v) is 8.33. The molecular formula is C57H107NO4. The summed E-state index contributed by atoms with van der Waals surface area (Å²) in [6.45, 7) is 4.19. The Balaban J connectivity index is 3.64. The number of nitrogens with one attached hydrogen (secondary N) is 1. The standard InChI is InChI=1S/C57H107NO4/c1-3-5-7-9-11-13-15-17-19-21-23-25-26-27-28-29-30-32-34-36-38-40-42-44-46-48-50-52-56(61)57(62)58-54(53-59)55(60)51-49-47-45-43-41-39-37-35-33-31-24-22-20-18-16-14-12-10-8-6-4-2/h27-28,33,35,41,43,49,51,54-56,59-61H,3-26,29-32,34,36-40,42,44-48,50,52-53H2,1-2H3,(H,58,62)/b28-27-,35-33+,43-41+,51-49+. The molecule has 0 saturated carbocycles. The van der Waals surface area contributed by atoms with Gasteiger partial charge in [0.15, 0.2) is 0 Å². The van der Waals surface area contributed by atoms with Gasteiger partial charge in [-0.2, -0.15) is 0 Å². The normalized spacial score (nSPS) is 13.7. The number of aliphatic hydroxyl groups is 3. The third kappa shape index (κ3) is 46.3. The highest BCUT2D eigenvalue weighted by atomic mass is 16.3. The Kier molecular flexibility index (Phi) is 50.5. The van der Waals surface area contributed by atoms with Crippen molar-refractivity contribution in [3.63, 3.8) is 0 Å². The van der Waals surface area contributed by atoms with E-state index in [1.54, 1.807) is 6.08 Å². The third-order valence-corrected chi connectivity index (χ3v) is 12.6. The number of hydrogen-bond donors (Lipinski definition) is 4. The minimum atomic E-state index is -1.11. The second-order valence-corrected chi connectivity index (χ2v) is 18.8. The summed E-state index contributed by atoms with van der Waals surface area (Å²) in [5.41, 5.74) is 0. The molecule has 3 atom stereocenters. The van der Waals surface area contributed by atoms with Crippen LogP contribution in [0.2, 0.25) is 0 Å². The Morgan fingerprint density at radius 1 is 0.387 bits per heavy atom. The van der Waals surface area contributed by atoms with E-state index in [1.807, 2.05) is 6.08 Å². The summed E-state index contributed by atoms with van der Waals surface area (Å²) in [6.07, 6.45) is 69.0. The summed E-state index contributed by atoms with van der Waals surface area (Å²) >= 11 is 0. The lowest BCUT2D eigenvalue weighted by atomic mass is 10.0. The lowest BCUT2D eigenvalue weighted by molar-refractivity contribution is -0.131. The number of unbranched alkanes of at least 4 members (excludes halogenated alkanes) is 36. The predicted molar refractivity (Wildman–Crippen MR) is 273 cm³/mol. The van der Waals surface area contributed by atoms with Gasteiger partial charge in [0, 0.05) is 0 Å². The zero-order valence-corrected chi connectivity index (χ0v) is 41.5. The number of aliphatic hydroxyl groups excluding tert-OH is 3. The van der Waals surface area contributed by atoms with Crippen LogP contribution in [0.25, 0.3) is 0 Å². The van der Waals surface area contributed by atoms with E-state index in [2.05, 4.69) is 55.6 Å². The molecule has 364 valence electrons. The largest absolute Gasteiger partial charge is 0.394 e. The SMILES string of the molecule is CCCCCCCCCCCCC/C=C/CC/C=C/CC/C=C/C(O)C(CO)NC(=O)C(O)CCCCCCCCCCCCC/C=C\CCCCCCCCCCCCCC. The van der Waals surface area contributed by atoms with Crippen molar-refractivity contribution in [3.05, 3.63) is 48.6 Å². The van der Waals surface area contributed by atoms with Crippen molar-refractivity contribution in [2.75, 3.05) is 6.61 Å². The summed E-state index contributed by atoms with van der Waals surface area (Å²) in [5.74, 6) is -0.516. The van der Waals surface area contributed by atoms with Crippen molar-refractivity contribution < 1.29 is 20.1 Å². The van der Waals surface area contributed by atoms with E-state index in [4.69, 9.17) is 0 Å². The van der Waals surface area contributed by atoms with Crippen molar-refractivity contribution in [3.8, 4) is 0 Å². The number of allylic oxidation sites excluding steroid dienone is 7. The monoisotopic (exact) mass is 870 g/mol. The molecule has 0 fully saturated rings. The van der Waals surface area contributed by atoms with Gasteiger partial charge < -0.3 is 20.6 Å². The molecule has 0 aromatic carbocycles. The van der Waals surface area contributed by atoms with Gasteiger partial charge in [-0.15, -0.1) is 0 Å². The smallest absolute Gasteiger partial charge is 0.249 e. The van der Waals surface area contributed by atoms with E-state index in [9.17, 15) is 20.1 Å². The summed E-state index contributed by atoms with van der Waals surface area (Å²) in [7, 11) is 0. The van der Waals surface area contributed by atoms with Crippen LogP contribution in [0, 0.1) is 0 Å². The Bertz CT molecular complexity index is 1000. The molecule has 0 saturated heterocycles. The number of carbonyl (C=O) groups is 1. The first-order valence-electron chi connectivity index (χ1n) is 27.5. The predicted octanol–water partition coefficient (Wildman–Crippen LogP) is 16.8. The molecule has 0 aliphatic carbocycles. The Morgan fingerprint density at radius 3 is 0.984 bits per heavy atom. The van der Waals surface area contributed by atoms with Crippen LogP contribution in [0.1, 0.15) is 284 Å². The second kappa shape index (κ2) is 51.9. The van der Waals surface area contributed by atoms with Crippen LogP contribution in [-0.4, -0.2) is 46.1 Å². The number of rotatable bonds is 50. The fraction of sp³-hybridized carbons (Fsp3) is 0.842. The molecule has 1 amide bonds. The first-order valence-corrected chi connectivity index (χ1v) is 27.5. The topological polar surface area (TPSA) is 89.8 Å². The Morgan fingerprint density at radius 2 is 0.661 bits per heavy atom. The molecule has 5 nitrogen and oxygen atoms in total. The van der Waals surface area contributed by atoms with Crippen LogP contribution in [0.5, 0.6) is 0 Å². The zero-order chi connectivity index (χ0) is 45.1. The molecule has 0 aromatic heterocycles. The van der Waals surface area contributed by atoms with Crippen LogP contribution in [0.15, 0.2) is 48.6 Å². The maximum Gasteiger partial charge on any atom is 0.249 e. The highest BCUT2D eigenvalue weighted by molar-refractivity contribution is 5.80. The summed E-state index contributed by atoms with van der Waals surface area (Å²) < 4.78 is 0. The molecule has 0 bridgehead atoms. The highest BCUT2D eigenvalue weighted by Crippen LogP contribution is 2.16. The number of carbonyl (C=O) groups excluding carboxylic acids is 1. The number of hydrogen-bond acceptors (Lipinski definition) is 4. The molecule has 4 N–H and O–H groups in total. The van der Waals surface area contributed by atoms with Crippen molar-refractivity contribution in [2.45, 2.75) is 302 Å². The van der Waals surface area contributed by atoms with Crippen LogP contribution in [0.4, 0.5) is 0 Å². The van der Waals surface area contributed by atoms with Crippen LogP contribution in [0.3, 0.4) is 0 Å². The van der Waals surface area contributed by atoms with E-state index < -0.39 is 24.2 Å². The molecule has 0 rings (SSSR count). The van der Waals surface area contributed by atoms with E-state index in [0.717, 1.165) is 44.9 Å². The first-order chi connectivity index (χ1) is 30.6. The van der Waals surface area contributed by atoms with Gasteiger partial charge in [0.05, 0.1) is 18.8 Å². The lowest BCUT2D eigenvalue weighted by Gasteiger charge is -2.21. The van der Waals surface area contributed by atoms with Crippen molar-refractivity contribution in [1.29, 1.82) is 0 Å². The third-order valence-electron chi connectivity index (χ3n) is 12.6. The van der Waals surface area contributed by atoms with E-state index in [1.165, 1.54) is 218 Å². The van der Waals surface area contributed by atoms with Crippen molar-refractivity contribution in [2.24, 2.45) is 0 Å². The average Bonchev–Trinajstić information content (AvgIpc) is 3.28. The van der Waals surface area contributed by atoms with Gasteiger partial charge in [-0.05, 0) is 70.6 Å². The Hall–Kier alpha value is -1.69. The van der Waals surface area contributed by atoms with Crippen LogP contribution < -0.4 is 5.32 Å². The van der Waals surface area contributed by atoms with E-state index in [0.29, 0.717) is 6.42 Å². The van der Waals surface area contributed by atoms with Gasteiger partial charge >= 0.3 is 0 Å². The van der Waals surface area contributed by atoms with E-state index >= 15 is 0 Å². The molecule has 0 heterocycles. The van der Waals surface area contributed by atoms with Gasteiger partial charge in [0.1, 0.15) is 6.10 Å². The number of amides is 1. The molecule has 0 aliphatic rings. The molecule has 0 aromatic rings. The highest BCUT2D eigenvalue weighted by Gasteiger charge is 2.22. The molecular weight excluding hydrogens is 763 g/mol. The molecule has 0 aliphatic heterocycles. The average molecular weight is 870 g/mol. The Labute approximate surface area is 387 Å². The maximum absolute atomic E-state index is 12.5. The van der Waals surface area contributed by atoms with Gasteiger partial charge in [0.2, 0.25) is 5.91 Å². The maximum atomic E-state index is 12.5. The molecule has 0 spiro atoms. The molecule has 5 heteroatoms. The van der Waals surface area contributed by atoms with Gasteiger partial charge in [-0.1, -0.05) is 262 Å². The van der Waals surface area contributed by atoms with Crippen molar-refractivity contribution in [1.82, 2.24) is 5.32 Å².